The van der Waals surface area contributed by atoms with Crippen molar-refractivity contribution in [3.8, 4) is 11.5 Å². The molecule has 10 nitrogen and oxygen atoms in total. The Labute approximate surface area is 184 Å². The Hall–Kier alpha value is -2.21. The summed E-state index contributed by atoms with van der Waals surface area (Å²) in [5.41, 5.74) is 1.58. The molecule has 1 saturated heterocycles. The van der Waals surface area contributed by atoms with Crippen LogP contribution in [0.5, 0.6) is 11.5 Å². The van der Waals surface area contributed by atoms with Gasteiger partial charge in [-0.1, -0.05) is 18.2 Å². The molecule has 1 aromatic rings. The van der Waals surface area contributed by atoms with E-state index in [0.717, 1.165) is 24.1 Å². The third-order valence-electron chi connectivity index (χ3n) is 6.98. The van der Waals surface area contributed by atoms with E-state index in [1.54, 1.807) is 12.1 Å². The van der Waals surface area contributed by atoms with Gasteiger partial charge in [0, 0.05) is 18.5 Å². The van der Waals surface area contributed by atoms with Crippen molar-refractivity contribution in [1.29, 1.82) is 0 Å². The van der Waals surface area contributed by atoms with Crippen molar-refractivity contribution < 1.29 is 44.5 Å². The molecule has 174 valence electrons. The van der Waals surface area contributed by atoms with E-state index in [1.165, 1.54) is 0 Å². The molecule has 5 unspecified atom stereocenters. The van der Waals surface area contributed by atoms with Crippen LogP contribution in [-0.2, 0) is 21.5 Å². The van der Waals surface area contributed by atoms with Crippen LogP contribution in [0.4, 0.5) is 0 Å². The summed E-state index contributed by atoms with van der Waals surface area (Å²) in [6, 6.07) is 3.57. The highest BCUT2D eigenvalue weighted by atomic mass is 16.7. The van der Waals surface area contributed by atoms with E-state index in [4.69, 9.17) is 14.2 Å². The summed E-state index contributed by atoms with van der Waals surface area (Å²) in [4.78, 5) is 13.6. The van der Waals surface area contributed by atoms with Crippen LogP contribution >= 0.6 is 0 Å². The summed E-state index contributed by atoms with van der Waals surface area (Å²) in [5, 5.41) is 49.9. The number of carbonyl (C=O) groups is 1. The first-order valence-electron chi connectivity index (χ1n) is 10.7. The fraction of sp³-hybridized carbons (Fsp3) is 0.591. The maximum atomic E-state index is 11.4. The molecule has 32 heavy (non-hydrogen) atoms. The number of hydrogen-bond donors (Lipinski definition) is 5. The van der Waals surface area contributed by atoms with Gasteiger partial charge in [-0.3, -0.25) is 0 Å². The second-order valence-corrected chi connectivity index (χ2v) is 9.08. The monoisotopic (exact) mass is 449 g/mol. The number of ether oxygens (including phenoxy) is 3. The highest BCUT2D eigenvalue weighted by Crippen LogP contribution is 2.56. The molecule has 0 radical (unpaired) electrons. The van der Waals surface area contributed by atoms with Crippen molar-refractivity contribution in [1.82, 2.24) is 4.90 Å². The second-order valence-electron chi connectivity index (χ2n) is 9.08. The van der Waals surface area contributed by atoms with Crippen LogP contribution in [0.25, 0.3) is 0 Å². The number of carboxylic acid groups (broad SMARTS) is 1. The molecule has 0 saturated carbocycles. The van der Waals surface area contributed by atoms with E-state index in [0.29, 0.717) is 18.7 Å². The van der Waals surface area contributed by atoms with Crippen LogP contribution in [-0.4, -0.2) is 92.9 Å². The van der Waals surface area contributed by atoms with E-state index in [-0.39, 0.29) is 11.9 Å². The quantitative estimate of drug-likeness (QED) is 0.368. The lowest BCUT2D eigenvalue weighted by Gasteiger charge is -2.38. The molecule has 0 aromatic heterocycles. The fourth-order valence-electron chi connectivity index (χ4n) is 5.28. The van der Waals surface area contributed by atoms with Crippen LogP contribution < -0.4 is 9.47 Å². The topological polar surface area (TPSA) is 149 Å². The maximum absolute atomic E-state index is 11.4. The van der Waals surface area contributed by atoms with Gasteiger partial charge in [0.15, 0.2) is 17.6 Å². The van der Waals surface area contributed by atoms with Crippen molar-refractivity contribution in [3.05, 3.63) is 35.4 Å². The van der Waals surface area contributed by atoms with Gasteiger partial charge >= 0.3 is 5.97 Å². The Balaban J connectivity index is 1.53. The molecule has 4 aliphatic rings. The van der Waals surface area contributed by atoms with Crippen molar-refractivity contribution in [2.45, 2.75) is 67.7 Å². The molecule has 1 aliphatic carbocycles. The Kier molecular flexibility index (Phi) is 5.19. The van der Waals surface area contributed by atoms with Gasteiger partial charge in [0.05, 0.1) is 11.5 Å². The van der Waals surface area contributed by atoms with Crippen LogP contribution in [0.15, 0.2) is 24.3 Å². The molecule has 1 spiro atoms. The first kappa shape index (κ1) is 21.6. The first-order chi connectivity index (χ1) is 15.2. The summed E-state index contributed by atoms with van der Waals surface area (Å²) in [7, 11) is 2.04. The van der Waals surface area contributed by atoms with Crippen molar-refractivity contribution in [2.75, 3.05) is 13.6 Å². The Morgan fingerprint density at radius 1 is 1.19 bits per heavy atom. The molecule has 1 fully saturated rings. The Morgan fingerprint density at radius 2 is 1.97 bits per heavy atom. The van der Waals surface area contributed by atoms with Gasteiger partial charge in [0.2, 0.25) is 6.29 Å². The summed E-state index contributed by atoms with van der Waals surface area (Å²) in [5.74, 6) is -0.779. The predicted octanol–water partition coefficient (Wildman–Crippen LogP) is -0.887. The number of rotatable bonds is 3. The van der Waals surface area contributed by atoms with Crippen molar-refractivity contribution in [3.63, 3.8) is 0 Å². The van der Waals surface area contributed by atoms with Crippen LogP contribution in [0.2, 0.25) is 0 Å². The van der Waals surface area contributed by atoms with Crippen LogP contribution in [0.1, 0.15) is 24.0 Å². The van der Waals surface area contributed by atoms with E-state index in [9.17, 15) is 30.3 Å². The summed E-state index contributed by atoms with van der Waals surface area (Å²) >= 11 is 0. The molecular weight excluding hydrogens is 422 g/mol. The molecule has 0 amide bonds. The van der Waals surface area contributed by atoms with Gasteiger partial charge in [-0.25, -0.2) is 4.79 Å². The number of nitrogens with zero attached hydrogens (tertiary/aromatic N) is 1. The predicted molar refractivity (Wildman–Crippen MR) is 108 cm³/mol. The smallest absolute Gasteiger partial charge is 0.335 e. The number of aliphatic hydroxyl groups is 4. The number of hydrogen-bond acceptors (Lipinski definition) is 9. The fourth-order valence-corrected chi connectivity index (χ4v) is 5.28. The maximum Gasteiger partial charge on any atom is 0.335 e. The van der Waals surface area contributed by atoms with Gasteiger partial charge in [-0.2, -0.15) is 0 Å². The van der Waals surface area contributed by atoms with Gasteiger partial charge in [-0.05, 0) is 31.6 Å². The average Bonchev–Trinajstić information content (AvgIpc) is 3.01. The molecule has 10 heteroatoms. The zero-order valence-corrected chi connectivity index (χ0v) is 17.5. The van der Waals surface area contributed by atoms with E-state index < -0.39 is 48.2 Å². The minimum absolute atomic E-state index is 0.238. The third kappa shape index (κ3) is 3.21. The zero-order valence-electron chi connectivity index (χ0n) is 17.5. The van der Waals surface area contributed by atoms with Crippen molar-refractivity contribution >= 4 is 5.97 Å². The number of aliphatic hydroxyl groups excluding tert-OH is 4. The Morgan fingerprint density at radius 3 is 2.72 bits per heavy atom. The second kappa shape index (κ2) is 7.68. The van der Waals surface area contributed by atoms with E-state index in [1.807, 2.05) is 19.2 Å². The number of benzene rings is 1. The molecule has 3 heterocycles. The lowest BCUT2D eigenvalue weighted by Crippen LogP contribution is -2.61. The van der Waals surface area contributed by atoms with Gasteiger partial charge in [0.25, 0.3) is 0 Å². The molecule has 1 aromatic carbocycles. The van der Waals surface area contributed by atoms with E-state index >= 15 is 0 Å². The highest BCUT2D eigenvalue weighted by Gasteiger charge is 2.53. The number of aliphatic carboxylic acids is 1. The summed E-state index contributed by atoms with van der Waals surface area (Å²) in [6.07, 6.45) is -4.42. The molecular formula is C22H27NO9. The van der Waals surface area contributed by atoms with Crippen LogP contribution in [0.3, 0.4) is 0 Å². The largest absolute Gasteiger partial charge is 0.485 e. The SMILES string of the molecule is CN1CC[C@]23C=C[C@@H](O)C[C@H]2Oc2c(OC4OC(C(=O)O)C(O)C(O)C4O)ccc(c23)C1. The standard InChI is InChI=1S/C22H27NO9/c1-23-7-6-22-5-4-11(24)8-13(22)31-18-12(3-2-10(9-23)14(18)22)30-21-17(27)15(25)16(26)19(32-21)20(28)29/h2-5,11,13,15-17,19,21,24-27H,6-9H2,1H3,(H,28,29)/t11-,13-,15?,16?,17?,19?,21?,22-/m1/s1. The molecule has 5 N–H and O–H groups in total. The minimum atomic E-state index is -1.80. The lowest BCUT2D eigenvalue weighted by atomic mass is 9.69. The first-order valence-corrected chi connectivity index (χ1v) is 10.7. The summed E-state index contributed by atoms with van der Waals surface area (Å²) in [6.45, 7) is 1.53. The molecule has 8 atom stereocenters. The van der Waals surface area contributed by atoms with Crippen molar-refractivity contribution in [2.24, 2.45) is 0 Å². The lowest BCUT2D eigenvalue weighted by molar-refractivity contribution is -0.271. The zero-order chi connectivity index (χ0) is 22.8. The highest BCUT2D eigenvalue weighted by molar-refractivity contribution is 5.73. The van der Waals surface area contributed by atoms with Crippen LogP contribution in [0, 0.1) is 0 Å². The molecule has 0 bridgehead atoms. The Bertz CT molecular complexity index is 952. The van der Waals surface area contributed by atoms with E-state index in [2.05, 4.69) is 4.90 Å². The summed E-state index contributed by atoms with van der Waals surface area (Å²) < 4.78 is 17.4. The molecule has 5 rings (SSSR count). The minimum Gasteiger partial charge on any atom is -0.485 e. The average molecular weight is 449 g/mol. The van der Waals surface area contributed by atoms with Gasteiger partial charge in [0.1, 0.15) is 24.4 Å². The van der Waals surface area contributed by atoms with Gasteiger partial charge < -0.3 is 44.6 Å². The third-order valence-corrected chi connectivity index (χ3v) is 6.98. The molecule has 3 aliphatic heterocycles. The number of carboxylic acids is 1. The van der Waals surface area contributed by atoms with Gasteiger partial charge in [-0.15, -0.1) is 0 Å². The normalized spacial score (nSPS) is 40.7.